The van der Waals surface area contributed by atoms with Crippen LogP contribution in [0.2, 0.25) is 0 Å². The zero-order valence-corrected chi connectivity index (χ0v) is 14.4. The Morgan fingerprint density at radius 3 is 2.92 bits per heavy atom. The lowest BCUT2D eigenvalue weighted by molar-refractivity contribution is 0.0285. The molecule has 2 aliphatic heterocycles. The lowest BCUT2D eigenvalue weighted by Crippen LogP contribution is -2.47. The maximum Gasteiger partial charge on any atom is 0.321 e. The number of benzene rings is 1. The van der Waals surface area contributed by atoms with E-state index in [4.69, 9.17) is 0 Å². The van der Waals surface area contributed by atoms with Crippen LogP contribution in [0.1, 0.15) is 29.6 Å². The molecule has 0 aromatic heterocycles. The SMILES string of the molecule is C=CCC1(CO)CCCN(C(=O)c2cccc(N3CCNC3=O)c2)C1. The lowest BCUT2D eigenvalue weighted by atomic mass is 9.77. The summed E-state index contributed by atoms with van der Waals surface area (Å²) in [4.78, 5) is 28.2. The molecule has 2 N–H and O–H groups in total. The second-order valence-electron chi connectivity index (χ2n) is 6.92. The number of nitrogens with one attached hydrogen (secondary N) is 1. The number of amides is 3. The largest absolute Gasteiger partial charge is 0.396 e. The van der Waals surface area contributed by atoms with E-state index in [-0.39, 0.29) is 24.0 Å². The second kappa shape index (κ2) is 7.27. The number of allylic oxidation sites excluding steroid dienone is 1. The maximum absolute atomic E-state index is 13.0. The molecule has 0 aliphatic carbocycles. The molecule has 2 saturated heterocycles. The van der Waals surface area contributed by atoms with E-state index in [1.54, 1.807) is 23.1 Å². The van der Waals surface area contributed by atoms with Gasteiger partial charge in [-0.15, -0.1) is 6.58 Å². The molecule has 2 aliphatic rings. The molecule has 0 radical (unpaired) electrons. The van der Waals surface area contributed by atoms with E-state index in [2.05, 4.69) is 11.9 Å². The summed E-state index contributed by atoms with van der Waals surface area (Å²) in [6.07, 6.45) is 4.28. The number of aliphatic hydroxyl groups is 1. The van der Waals surface area contributed by atoms with Crippen molar-refractivity contribution in [2.45, 2.75) is 19.3 Å². The second-order valence-corrected chi connectivity index (χ2v) is 6.92. The third-order valence-electron chi connectivity index (χ3n) is 5.12. The molecular weight excluding hydrogens is 318 g/mol. The summed E-state index contributed by atoms with van der Waals surface area (Å²) in [6.45, 7) is 6.27. The Balaban J connectivity index is 1.78. The van der Waals surface area contributed by atoms with Crippen molar-refractivity contribution in [3.8, 4) is 0 Å². The zero-order valence-electron chi connectivity index (χ0n) is 14.4. The van der Waals surface area contributed by atoms with Gasteiger partial charge >= 0.3 is 6.03 Å². The van der Waals surface area contributed by atoms with Crippen molar-refractivity contribution in [2.24, 2.45) is 5.41 Å². The summed E-state index contributed by atoms with van der Waals surface area (Å²) < 4.78 is 0. The van der Waals surface area contributed by atoms with Crippen LogP contribution in [0.5, 0.6) is 0 Å². The first-order valence-corrected chi connectivity index (χ1v) is 8.75. The first-order valence-electron chi connectivity index (χ1n) is 8.75. The number of aliphatic hydroxyl groups excluding tert-OH is 1. The molecule has 2 fully saturated rings. The molecule has 134 valence electrons. The Hall–Kier alpha value is -2.34. The van der Waals surface area contributed by atoms with Crippen LogP contribution in [0, 0.1) is 5.41 Å². The van der Waals surface area contributed by atoms with Crippen molar-refractivity contribution in [3.63, 3.8) is 0 Å². The molecule has 0 bridgehead atoms. The van der Waals surface area contributed by atoms with E-state index >= 15 is 0 Å². The van der Waals surface area contributed by atoms with Gasteiger partial charge in [0, 0.05) is 42.8 Å². The van der Waals surface area contributed by atoms with Crippen molar-refractivity contribution < 1.29 is 14.7 Å². The van der Waals surface area contributed by atoms with E-state index in [0.717, 1.165) is 18.5 Å². The molecule has 1 aromatic rings. The van der Waals surface area contributed by atoms with Gasteiger partial charge in [0.25, 0.3) is 5.91 Å². The molecule has 1 atom stereocenters. The minimum absolute atomic E-state index is 0.0524. The standard InChI is InChI=1S/C19H25N3O3/c1-2-7-19(14-23)8-4-10-21(13-19)17(24)15-5-3-6-16(12-15)22-11-9-20-18(22)25/h2-3,5-6,12,23H,1,4,7-11,13-14H2,(H,20,25). The Morgan fingerprint density at radius 2 is 2.24 bits per heavy atom. The highest BCUT2D eigenvalue weighted by Gasteiger charge is 2.36. The molecule has 1 unspecified atom stereocenters. The summed E-state index contributed by atoms with van der Waals surface area (Å²) in [5.41, 5.74) is 1.02. The van der Waals surface area contributed by atoms with E-state index in [1.165, 1.54) is 0 Å². The molecular formula is C19H25N3O3. The summed E-state index contributed by atoms with van der Waals surface area (Å²) in [7, 11) is 0. The number of piperidine rings is 1. The minimum atomic E-state index is -0.290. The van der Waals surface area contributed by atoms with Crippen LogP contribution in [-0.2, 0) is 0 Å². The number of urea groups is 1. The van der Waals surface area contributed by atoms with E-state index in [9.17, 15) is 14.7 Å². The highest BCUT2D eigenvalue weighted by molar-refractivity contribution is 5.98. The van der Waals surface area contributed by atoms with Gasteiger partial charge < -0.3 is 15.3 Å². The highest BCUT2D eigenvalue weighted by atomic mass is 16.3. The van der Waals surface area contributed by atoms with Gasteiger partial charge in [-0.05, 0) is 37.5 Å². The van der Waals surface area contributed by atoms with Crippen LogP contribution in [0.25, 0.3) is 0 Å². The van der Waals surface area contributed by atoms with Crippen molar-refractivity contribution in [1.82, 2.24) is 10.2 Å². The number of rotatable bonds is 5. The molecule has 1 aromatic carbocycles. The van der Waals surface area contributed by atoms with E-state index < -0.39 is 0 Å². The minimum Gasteiger partial charge on any atom is -0.396 e. The van der Waals surface area contributed by atoms with Crippen molar-refractivity contribution in [1.29, 1.82) is 0 Å². The fourth-order valence-electron chi connectivity index (χ4n) is 3.76. The molecule has 3 amide bonds. The fraction of sp³-hybridized carbons (Fsp3) is 0.474. The quantitative estimate of drug-likeness (QED) is 0.803. The van der Waals surface area contributed by atoms with Crippen molar-refractivity contribution >= 4 is 17.6 Å². The topological polar surface area (TPSA) is 72.9 Å². The molecule has 6 nitrogen and oxygen atoms in total. The van der Waals surface area contributed by atoms with E-state index in [1.807, 2.05) is 17.0 Å². The van der Waals surface area contributed by atoms with E-state index in [0.29, 0.717) is 38.2 Å². The molecule has 3 rings (SSSR count). The first kappa shape index (κ1) is 17.5. The summed E-state index contributed by atoms with van der Waals surface area (Å²) in [5.74, 6) is -0.0527. The molecule has 0 spiro atoms. The predicted octanol–water partition coefficient (Wildman–Crippen LogP) is 2.01. The average molecular weight is 343 g/mol. The Labute approximate surface area is 148 Å². The van der Waals surface area contributed by atoms with Crippen LogP contribution < -0.4 is 10.2 Å². The fourth-order valence-corrected chi connectivity index (χ4v) is 3.76. The monoisotopic (exact) mass is 343 g/mol. The Kier molecular flexibility index (Phi) is 5.08. The van der Waals surface area contributed by atoms with Gasteiger partial charge in [0.05, 0.1) is 6.61 Å². The normalized spacial score (nSPS) is 23.5. The number of hydrogen-bond donors (Lipinski definition) is 2. The van der Waals surface area contributed by atoms with Gasteiger partial charge in [-0.1, -0.05) is 12.1 Å². The smallest absolute Gasteiger partial charge is 0.321 e. The van der Waals surface area contributed by atoms with Crippen molar-refractivity contribution in [3.05, 3.63) is 42.5 Å². The third kappa shape index (κ3) is 3.54. The van der Waals surface area contributed by atoms with Gasteiger partial charge in [0.2, 0.25) is 0 Å². The van der Waals surface area contributed by atoms with Crippen molar-refractivity contribution in [2.75, 3.05) is 37.7 Å². The first-order chi connectivity index (χ1) is 12.1. The van der Waals surface area contributed by atoms with Crippen LogP contribution >= 0.6 is 0 Å². The number of nitrogens with zero attached hydrogens (tertiary/aromatic N) is 2. The maximum atomic E-state index is 13.0. The van der Waals surface area contributed by atoms with Crippen LogP contribution in [0.4, 0.5) is 10.5 Å². The lowest BCUT2D eigenvalue weighted by Gasteiger charge is -2.41. The average Bonchev–Trinajstić information content (AvgIpc) is 3.07. The Bertz CT molecular complexity index is 676. The molecule has 0 saturated carbocycles. The van der Waals surface area contributed by atoms with Gasteiger partial charge in [-0.2, -0.15) is 0 Å². The molecule has 25 heavy (non-hydrogen) atoms. The van der Waals surface area contributed by atoms with Crippen LogP contribution in [0.3, 0.4) is 0 Å². The molecule has 2 heterocycles. The number of carbonyl (C=O) groups is 2. The number of carbonyl (C=O) groups excluding carboxylic acids is 2. The summed E-state index contributed by atoms with van der Waals surface area (Å²) >= 11 is 0. The van der Waals surface area contributed by atoms with Gasteiger partial charge in [0.15, 0.2) is 0 Å². The van der Waals surface area contributed by atoms with Crippen LogP contribution in [0.15, 0.2) is 36.9 Å². The van der Waals surface area contributed by atoms with Gasteiger partial charge in [-0.3, -0.25) is 9.69 Å². The van der Waals surface area contributed by atoms with Gasteiger partial charge in [-0.25, -0.2) is 4.79 Å². The van der Waals surface area contributed by atoms with Crippen LogP contribution in [-0.4, -0.2) is 54.7 Å². The zero-order chi connectivity index (χ0) is 17.9. The summed E-state index contributed by atoms with van der Waals surface area (Å²) in [6, 6.07) is 7.07. The third-order valence-corrected chi connectivity index (χ3v) is 5.12. The Morgan fingerprint density at radius 1 is 1.40 bits per heavy atom. The highest BCUT2D eigenvalue weighted by Crippen LogP contribution is 2.34. The van der Waals surface area contributed by atoms with Gasteiger partial charge in [0.1, 0.15) is 0 Å². The predicted molar refractivity (Wildman–Crippen MR) is 96.7 cm³/mol. The number of likely N-dealkylation sites (tertiary alicyclic amines) is 1. The molecule has 6 heteroatoms. The number of anilines is 1. The number of hydrogen-bond acceptors (Lipinski definition) is 3. The summed E-state index contributed by atoms with van der Waals surface area (Å²) in [5, 5.41) is 12.6.